The maximum absolute atomic E-state index is 12.7. The number of hydrogen-bond donors (Lipinski definition) is 3. The standard InChI is InChI=1S/C12H26N3O4P/c1-9(2)15(10(3)4)20(18)12(17,11(16)8-14)19-7-5-6-13/h9-11,16-17,20H,5,7-8,14H2,1-4H3. The van der Waals surface area contributed by atoms with E-state index in [1.54, 1.807) is 4.67 Å². The van der Waals surface area contributed by atoms with E-state index in [1.807, 2.05) is 33.8 Å². The van der Waals surface area contributed by atoms with E-state index in [0.717, 1.165) is 0 Å². The van der Waals surface area contributed by atoms with Gasteiger partial charge in [0, 0.05) is 18.6 Å². The Bertz CT molecular complexity index is 351. The molecule has 118 valence electrons. The molecule has 8 heteroatoms. The van der Waals surface area contributed by atoms with Crippen LogP contribution in [0.5, 0.6) is 0 Å². The number of nitrogens with two attached hydrogens (primary N) is 1. The van der Waals surface area contributed by atoms with Gasteiger partial charge < -0.3 is 25.2 Å². The molecule has 0 aromatic rings. The first-order chi connectivity index (χ1) is 9.22. The fraction of sp³-hybridized carbons (Fsp3) is 0.917. The molecule has 0 aromatic heterocycles. The molecular formula is C12H26N3O4P. The van der Waals surface area contributed by atoms with Crippen molar-refractivity contribution >= 4 is 7.95 Å². The molecule has 0 saturated carbocycles. The Morgan fingerprint density at radius 2 is 1.90 bits per heavy atom. The quantitative estimate of drug-likeness (QED) is 0.322. The van der Waals surface area contributed by atoms with Gasteiger partial charge in [-0.1, -0.05) is 0 Å². The third-order valence-corrected chi connectivity index (χ3v) is 5.46. The summed E-state index contributed by atoms with van der Waals surface area (Å²) in [7, 11) is -2.88. The van der Waals surface area contributed by atoms with Crippen LogP contribution in [-0.2, 0) is 9.30 Å². The molecule has 0 aliphatic carbocycles. The monoisotopic (exact) mass is 307 g/mol. The largest absolute Gasteiger partial charge is 0.386 e. The molecule has 4 N–H and O–H groups in total. The molecule has 3 atom stereocenters. The van der Waals surface area contributed by atoms with Crippen molar-refractivity contribution < 1.29 is 19.5 Å². The van der Waals surface area contributed by atoms with Crippen molar-refractivity contribution in [3.8, 4) is 6.07 Å². The van der Waals surface area contributed by atoms with Gasteiger partial charge >= 0.3 is 0 Å². The number of aliphatic hydroxyl groups excluding tert-OH is 1. The molecule has 0 fully saturated rings. The van der Waals surface area contributed by atoms with Gasteiger partial charge in [-0.3, -0.25) is 0 Å². The Kier molecular flexibility index (Phi) is 8.52. The van der Waals surface area contributed by atoms with Gasteiger partial charge in [0.05, 0.1) is 19.1 Å². The summed E-state index contributed by atoms with van der Waals surface area (Å²) >= 11 is 0. The number of rotatable bonds is 9. The van der Waals surface area contributed by atoms with Crippen LogP contribution in [0.4, 0.5) is 0 Å². The summed E-state index contributed by atoms with van der Waals surface area (Å²) in [5.74, 6) is 0. The maximum atomic E-state index is 12.7. The van der Waals surface area contributed by atoms with E-state index in [0.29, 0.717) is 0 Å². The van der Waals surface area contributed by atoms with Gasteiger partial charge in [-0.25, -0.2) is 4.67 Å². The number of aliphatic hydroxyl groups is 2. The third kappa shape index (κ3) is 4.81. The molecule has 0 aliphatic heterocycles. The van der Waals surface area contributed by atoms with Crippen molar-refractivity contribution in [1.29, 1.82) is 5.26 Å². The van der Waals surface area contributed by atoms with Crippen LogP contribution in [0.25, 0.3) is 0 Å². The third-order valence-electron chi connectivity index (χ3n) is 2.86. The lowest BCUT2D eigenvalue weighted by molar-refractivity contribution is -0.195. The minimum Gasteiger partial charge on any atom is -0.386 e. The summed E-state index contributed by atoms with van der Waals surface area (Å²) in [6, 6.07) is 1.66. The van der Waals surface area contributed by atoms with Crippen molar-refractivity contribution in [3.63, 3.8) is 0 Å². The first-order valence-electron chi connectivity index (χ1n) is 6.66. The Hall–Kier alpha value is -0.480. The van der Waals surface area contributed by atoms with Crippen molar-refractivity contribution in [2.24, 2.45) is 5.73 Å². The molecule has 0 heterocycles. The van der Waals surface area contributed by atoms with Gasteiger partial charge in [-0.15, -0.1) is 0 Å². The van der Waals surface area contributed by atoms with E-state index in [-0.39, 0.29) is 31.7 Å². The SMILES string of the molecule is CC(C)N(C(C)C)[PH](=O)C(O)(OCCC#N)C(O)CN. The van der Waals surface area contributed by atoms with E-state index in [2.05, 4.69) is 0 Å². The van der Waals surface area contributed by atoms with Crippen LogP contribution < -0.4 is 5.73 Å². The van der Waals surface area contributed by atoms with Crippen molar-refractivity contribution in [1.82, 2.24) is 4.67 Å². The molecule has 0 saturated heterocycles. The minimum absolute atomic E-state index is 0.0259. The van der Waals surface area contributed by atoms with Crippen LogP contribution in [-0.4, -0.2) is 51.8 Å². The van der Waals surface area contributed by atoms with Gasteiger partial charge in [-0.2, -0.15) is 5.26 Å². The van der Waals surface area contributed by atoms with Crippen LogP contribution in [0, 0.1) is 11.3 Å². The fourth-order valence-corrected chi connectivity index (χ4v) is 3.90. The zero-order valence-electron chi connectivity index (χ0n) is 12.5. The van der Waals surface area contributed by atoms with E-state index in [1.165, 1.54) is 0 Å². The second kappa shape index (κ2) is 8.73. The van der Waals surface area contributed by atoms with Crippen LogP contribution in [0.3, 0.4) is 0 Å². The lowest BCUT2D eigenvalue weighted by Gasteiger charge is -2.39. The highest BCUT2D eigenvalue weighted by Gasteiger charge is 2.46. The van der Waals surface area contributed by atoms with Crippen LogP contribution in [0.15, 0.2) is 0 Å². The van der Waals surface area contributed by atoms with Crippen LogP contribution in [0.1, 0.15) is 34.1 Å². The highest BCUT2D eigenvalue weighted by molar-refractivity contribution is 7.43. The molecule has 0 rings (SSSR count). The Balaban J connectivity index is 5.29. The smallest absolute Gasteiger partial charge is 0.259 e. The molecule has 0 aromatic carbocycles. The lowest BCUT2D eigenvalue weighted by Crippen LogP contribution is -2.50. The van der Waals surface area contributed by atoms with E-state index < -0.39 is 19.6 Å². The highest BCUT2D eigenvalue weighted by atomic mass is 31.1. The molecule has 20 heavy (non-hydrogen) atoms. The molecular weight excluding hydrogens is 281 g/mol. The second-order valence-corrected chi connectivity index (χ2v) is 6.95. The number of nitrogens with zero attached hydrogens (tertiary/aromatic N) is 2. The average Bonchev–Trinajstić information content (AvgIpc) is 2.36. The average molecular weight is 307 g/mol. The summed E-state index contributed by atoms with van der Waals surface area (Å²) < 4.78 is 19.4. The summed E-state index contributed by atoms with van der Waals surface area (Å²) in [5.41, 5.74) is 3.11. The van der Waals surface area contributed by atoms with Gasteiger partial charge in [0.1, 0.15) is 6.10 Å². The Morgan fingerprint density at radius 1 is 1.40 bits per heavy atom. The zero-order chi connectivity index (χ0) is 15.9. The van der Waals surface area contributed by atoms with Gasteiger partial charge in [-0.05, 0) is 27.7 Å². The summed E-state index contributed by atoms with van der Waals surface area (Å²) in [4.78, 5) is 0. The maximum Gasteiger partial charge on any atom is 0.259 e. The first kappa shape index (κ1) is 19.5. The molecule has 0 spiro atoms. The fourth-order valence-electron chi connectivity index (χ4n) is 1.96. The molecule has 0 radical (unpaired) electrons. The summed E-state index contributed by atoms with van der Waals surface area (Å²) in [6.07, 6.45) is -1.45. The normalized spacial score (nSPS) is 18.1. The van der Waals surface area contributed by atoms with E-state index in [9.17, 15) is 14.8 Å². The molecule has 7 nitrogen and oxygen atoms in total. The Labute approximate surface area is 121 Å². The number of ether oxygens (including phenoxy) is 1. The summed E-state index contributed by atoms with van der Waals surface area (Å²) in [6.45, 7) is 6.95. The van der Waals surface area contributed by atoms with Crippen molar-refractivity contribution in [2.75, 3.05) is 13.2 Å². The molecule has 0 bridgehead atoms. The topological polar surface area (TPSA) is 120 Å². The molecule has 3 unspecified atom stereocenters. The minimum atomic E-state index is -2.88. The van der Waals surface area contributed by atoms with E-state index >= 15 is 0 Å². The van der Waals surface area contributed by atoms with Gasteiger partial charge in [0.15, 0.2) is 7.95 Å². The molecule has 0 aliphatic rings. The van der Waals surface area contributed by atoms with Gasteiger partial charge in [0.25, 0.3) is 5.53 Å². The van der Waals surface area contributed by atoms with Crippen molar-refractivity contribution in [3.05, 3.63) is 0 Å². The van der Waals surface area contributed by atoms with Gasteiger partial charge in [0.2, 0.25) is 0 Å². The summed E-state index contributed by atoms with van der Waals surface area (Å²) in [5, 5.41) is 28.9. The Morgan fingerprint density at radius 3 is 2.25 bits per heavy atom. The predicted molar refractivity (Wildman–Crippen MR) is 77.3 cm³/mol. The van der Waals surface area contributed by atoms with Crippen molar-refractivity contribution in [2.45, 2.75) is 57.8 Å². The number of hydrogen-bond acceptors (Lipinski definition) is 6. The second-order valence-electron chi connectivity index (χ2n) is 5.10. The highest BCUT2D eigenvalue weighted by Crippen LogP contribution is 2.46. The zero-order valence-corrected chi connectivity index (χ0v) is 13.5. The van der Waals surface area contributed by atoms with Crippen LogP contribution >= 0.6 is 7.95 Å². The lowest BCUT2D eigenvalue weighted by atomic mass is 10.3. The van der Waals surface area contributed by atoms with Crippen LogP contribution in [0.2, 0.25) is 0 Å². The van der Waals surface area contributed by atoms with E-state index in [4.69, 9.17) is 15.7 Å². The first-order valence-corrected chi connectivity index (χ1v) is 8.02. The number of nitriles is 1. The molecule has 0 amide bonds. The predicted octanol–water partition coefficient (Wildman–Crippen LogP) is 0.476.